The summed E-state index contributed by atoms with van der Waals surface area (Å²) in [7, 11) is 2.14. The lowest BCUT2D eigenvalue weighted by molar-refractivity contribution is 0.109. The number of likely N-dealkylation sites (tertiary alicyclic amines) is 1. The molecule has 0 atom stereocenters. The van der Waals surface area contributed by atoms with Crippen molar-refractivity contribution in [3.05, 3.63) is 17.8 Å². The first-order valence-electron chi connectivity index (χ1n) is 5.39. The molecule has 1 fully saturated rings. The van der Waals surface area contributed by atoms with Crippen LogP contribution in [0.1, 0.15) is 18.5 Å². The van der Waals surface area contributed by atoms with Gasteiger partial charge in [0.1, 0.15) is 6.10 Å². The van der Waals surface area contributed by atoms with E-state index < -0.39 is 0 Å². The number of hydrogen-bond acceptors (Lipinski definition) is 4. The van der Waals surface area contributed by atoms with Crippen LogP contribution in [0.5, 0.6) is 5.88 Å². The summed E-state index contributed by atoms with van der Waals surface area (Å²) in [4.78, 5) is 2.32. The van der Waals surface area contributed by atoms with E-state index in [1.165, 1.54) is 0 Å². The summed E-state index contributed by atoms with van der Waals surface area (Å²) < 4.78 is 5.76. The molecule has 4 heteroatoms. The highest BCUT2D eigenvalue weighted by atomic mass is 16.5. The van der Waals surface area contributed by atoms with Gasteiger partial charge in [-0.25, -0.2) is 0 Å². The molecule has 1 aromatic heterocycles. The van der Waals surface area contributed by atoms with Crippen molar-refractivity contribution in [2.75, 3.05) is 20.1 Å². The summed E-state index contributed by atoms with van der Waals surface area (Å²) >= 11 is 0. The number of ether oxygens (including phenoxy) is 1. The first-order valence-corrected chi connectivity index (χ1v) is 5.39. The van der Waals surface area contributed by atoms with Crippen LogP contribution in [0, 0.1) is 6.92 Å². The summed E-state index contributed by atoms with van der Waals surface area (Å²) in [6.45, 7) is 4.13. The van der Waals surface area contributed by atoms with Gasteiger partial charge < -0.3 is 9.64 Å². The van der Waals surface area contributed by atoms with Gasteiger partial charge in [-0.05, 0) is 32.9 Å². The molecule has 1 saturated heterocycles. The topological polar surface area (TPSA) is 38.2 Å². The molecule has 0 radical (unpaired) electrons. The van der Waals surface area contributed by atoms with Crippen molar-refractivity contribution in [1.82, 2.24) is 15.1 Å². The summed E-state index contributed by atoms with van der Waals surface area (Å²) in [6, 6.07) is 3.82. The Balaban J connectivity index is 1.89. The van der Waals surface area contributed by atoms with Crippen molar-refractivity contribution >= 4 is 0 Å². The van der Waals surface area contributed by atoms with Crippen molar-refractivity contribution in [1.29, 1.82) is 0 Å². The van der Waals surface area contributed by atoms with Gasteiger partial charge in [0.25, 0.3) is 0 Å². The van der Waals surface area contributed by atoms with Crippen molar-refractivity contribution in [3.8, 4) is 5.88 Å². The molecule has 0 unspecified atom stereocenters. The first-order chi connectivity index (χ1) is 7.24. The van der Waals surface area contributed by atoms with Crippen LogP contribution in [0.3, 0.4) is 0 Å². The molecule has 2 heterocycles. The molecule has 15 heavy (non-hydrogen) atoms. The molecule has 0 aliphatic carbocycles. The van der Waals surface area contributed by atoms with Crippen LogP contribution in [0.2, 0.25) is 0 Å². The first kappa shape index (κ1) is 10.4. The Hall–Kier alpha value is -1.16. The van der Waals surface area contributed by atoms with Crippen molar-refractivity contribution < 1.29 is 4.74 Å². The minimum Gasteiger partial charge on any atom is -0.473 e. The van der Waals surface area contributed by atoms with Crippen LogP contribution in [-0.4, -0.2) is 41.3 Å². The number of nitrogens with zero attached hydrogens (tertiary/aromatic N) is 3. The quantitative estimate of drug-likeness (QED) is 0.731. The zero-order valence-corrected chi connectivity index (χ0v) is 9.31. The zero-order chi connectivity index (χ0) is 10.7. The minimum absolute atomic E-state index is 0.304. The molecule has 1 aliphatic heterocycles. The van der Waals surface area contributed by atoms with Crippen molar-refractivity contribution in [2.24, 2.45) is 0 Å². The van der Waals surface area contributed by atoms with Crippen LogP contribution in [-0.2, 0) is 0 Å². The van der Waals surface area contributed by atoms with Gasteiger partial charge in [-0.15, -0.1) is 5.10 Å². The van der Waals surface area contributed by atoms with E-state index in [0.29, 0.717) is 12.0 Å². The van der Waals surface area contributed by atoms with Crippen LogP contribution < -0.4 is 4.74 Å². The number of hydrogen-bond donors (Lipinski definition) is 0. The average Bonchev–Trinajstić information content (AvgIpc) is 2.25. The molecule has 2 rings (SSSR count). The molecule has 1 aliphatic rings. The van der Waals surface area contributed by atoms with E-state index in [4.69, 9.17) is 4.74 Å². The molecule has 1 aromatic rings. The van der Waals surface area contributed by atoms with Gasteiger partial charge in [0.05, 0.1) is 5.69 Å². The van der Waals surface area contributed by atoms with E-state index in [1.807, 2.05) is 19.1 Å². The van der Waals surface area contributed by atoms with Crippen molar-refractivity contribution in [2.45, 2.75) is 25.9 Å². The van der Waals surface area contributed by atoms with E-state index in [0.717, 1.165) is 31.6 Å². The highest BCUT2D eigenvalue weighted by Gasteiger charge is 2.18. The lowest BCUT2D eigenvalue weighted by atomic mass is 10.1. The zero-order valence-electron chi connectivity index (χ0n) is 9.31. The molecule has 0 amide bonds. The summed E-state index contributed by atoms with van der Waals surface area (Å²) in [5, 5.41) is 7.98. The van der Waals surface area contributed by atoms with E-state index in [9.17, 15) is 0 Å². The Kier molecular flexibility index (Phi) is 3.16. The fourth-order valence-electron chi connectivity index (χ4n) is 1.72. The van der Waals surface area contributed by atoms with E-state index >= 15 is 0 Å². The Morgan fingerprint density at radius 2 is 2.00 bits per heavy atom. The third kappa shape index (κ3) is 2.89. The van der Waals surface area contributed by atoms with Gasteiger partial charge in [0.2, 0.25) is 5.88 Å². The van der Waals surface area contributed by atoms with Crippen LogP contribution in [0.4, 0.5) is 0 Å². The molecule has 0 N–H and O–H groups in total. The number of rotatable bonds is 2. The van der Waals surface area contributed by atoms with Gasteiger partial charge in [0.15, 0.2) is 0 Å². The van der Waals surface area contributed by atoms with Crippen molar-refractivity contribution in [3.63, 3.8) is 0 Å². The Bertz CT molecular complexity index is 304. The van der Waals surface area contributed by atoms with E-state index in [2.05, 4.69) is 22.1 Å². The Labute approximate surface area is 90.3 Å². The molecule has 4 nitrogen and oxygen atoms in total. The fourth-order valence-corrected chi connectivity index (χ4v) is 1.72. The maximum absolute atomic E-state index is 5.76. The minimum atomic E-state index is 0.304. The standard InChI is InChI=1S/C11H17N3O/c1-9-3-4-11(13-12-9)15-10-5-7-14(2)8-6-10/h3-4,10H,5-8H2,1-2H3. The number of piperidine rings is 1. The van der Waals surface area contributed by atoms with Crippen LogP contribution in [0.25, 0.3) is 0 Å². The predicted octanol–water partition coefficient (Wildman–Crippen LogP) is 1.26. The van der Waals surface area contributed by atoms with Gasteiger partial charge in [-0.1, -0.05) is 0 Å². The molecular formula is C11H17N3O. The van der Waals surface area contributed by atoms with E-state index in [1.54, 1.807) is 0 Å². The summed E-state index contributed by atoms with van der Waals surface area (Å²) in [5.41, 5.74) is 0.922. The summed E-state index contributed by atoms with van der Waals surface area (Å²) in [6.07, 6.45) is 2.45. The monoisotopic (exact) mass is 207 g/mol. The SMILES string of the molecule is Cc1ccc(OC2CCN(C)CC2)nn1. The molecule has 0 saturated carbocycles. The highest BCUT2D eigenvalue weighted by Crippen LogP contribution is 2.15. The van der Waals surface area contributed by atoms with Gasteiger partial charge in [0, 0.05) is 19.2 Å². The van der Waals surface area contributed by atoms with Gasteiger partial charge >= 0.3 is 0 Å². The number of aryl methyl sites for hydroxylation is 1. The second-order valence-corrected chi connectivity index (χ2v) is 4.13. The third-order valence-corrected chi connectivity index (χ3v) is 2.73. The van der Waals surface area contributed by atoms with E-state index in [-0.39, 0.29) is 0 Å². The van der Waals surface area contributed by atoms with Gasteiger partial charge in [-0.3, -0.25) is 0 Å². The molecule has 0 spiro atoms. The smallest absolute Gasteiger partial charge is 0.233 e. The largest absolute Gasteiger partial charge is 0.473 e. The lowest BCUT2D eigenvalue weighted by Crippen LogP contribution is -2.35. The highest BCUT2D eigenvalue weighted by molar-refractivity contribution is 5.10. The average molecular weight is 207 g/mol. The van der Waals surface area contributed by atoms with Gasteiger partial charge in [-0.2, -0.15) is 5.10 Å². The second kappa shape index (κ2) is 4.57. The summed E-state index contributed by atoms with van der Waals surface area (Å²) in [5.74, 6) is 0.648. The maximum atomic E-state index is 5.76. The number of aromatic nitrogens is 2. The Morgan fingerprint density at radius 1 is 1.27 bits per heavy atom. The second-order valence-electron chi connectivity index (χ2n) is 4.13. The normalized spacial score (nSPS) is 19.1. The molecule has 0 bridgehead atoms. The molecule has 0 aromatic carbocycles. The van der Waals surface area contributed by atoms with Crippen LogP contribution in [0.15, 0.2) is 12.1 Å². The fraction of sp³-hybridized carbons (Fsp3) is 0.636. The molecule has 82 valence electrons. The molecular weight excluding hydrogens is 190 g/mol. The third-order valence-electron chi connectivity index (χ3n) is 2.73. The maximum Gasteiger partial charge on any atom is 0.233 e. The predicted molar refractivity (Wildman–Crippen MR) is 57.9 cm³/mol. The van der Waals surface area contributed by atoms with Crippen LogP contribution >= 0.6 is 0 Å². The Morgan fingerprint density at radius 3 is 2.60 bits per heavy atom. The lowest BCUT2D eigenvalue weighted by Gasteiger charge is -2.28.